The Bertz CT molecular complexity index is 822. The van der Waals surface area contributed by atoms with Crippen LogP contribution in [0.15, 0.2) is 34.9 Å². The number of fused-ring (bicyclic) bond motifs is 1. The highest BCUT2D eigenvalue weighted by Crippen LogP contribution is 2.47. The monoisotopic (exact) mass is 408 g/mol. The maximum Gasteiger partial charge on any atom is 0.356 e. The molecular formula is C18H20N2O7S. The summed E-state index contributed by atoms with van der Waals surface area (Å²) < 4.78 is 5.32. The van der Waals surface area contributed by atoms with Crippen molar-refractivity contribution in [2.45, 2.75) is 32.1 Å². The number of hydrogen-bond acceptors (Lipinski definition) is 8. The molecule has 0 radical (unpaired) electrons. The molecule has 9 nitrogen and oxygen atoms in total. The van der Waals surface area contributed by atoms with Gasteiger partial charge in [-0.2, -0.15) is 0 Å². The zero-order valence-electron chi connectivity index (χ0n) is 15.1. The third kappa shape index (κ3) is 3.75. The van der Waals surface area contributed by atoms with Gasteiger partial charge in [0.2, 0.25) is 5.91 Å². The maximum atomic E-state index is 12.7. The molecule has 150 valence electrons. The summed E-state index contributed by atoms with van der Waals surface area (Å²) in [5.74, 6) is -1.16. The number of rotatable bonds is 8. The van der Waals surface area contributed by atoms with Crippen LogP contribution in [-0.4, -0.2) is 56.4 Å². The Balaban J connectivity index is 1.72. The van der Waals surface area contributed by atoms with Crippen LogP contribution >= 0.6 is 11.8 Å². The highest BCUT2D eigenvalue weighted by atomic mass is 32.2. The molecule has 28 heavy (non-hydrogen) atoms. The average Bonchev–Trinajstić information content (AvgIpc) is 2.98. The summed E-state index contributed by atoms with van der Waals surface area (Å²) in [5.41, 5.74) is 0.678. The topological polar surface area (TPSA) is 130 Å². The molecule has 2 aliphatic rings. The van der Waals surface area contributed by atoms with Gasteiger partial charge in [-0.15, -0.1) is 11.8 Å². The Hall–Kier alpha value is -2.43. The molecule has 2 heterocycles. The molecule has 0 saturated carbocycles. The van der Waals surface area contributed by atoms with Crippen molar-refractivity contribution in [2.75, 3.05) is 12.4 Å². The smallest absolute Gasteiger partial charge is 0.356 e. The van der Waals surface area contributed by atoms with Crippen LogP contribution in [0.1, 0.15) is 18.9 Å². The molecule has 3 atom stereocenters. The van der Waals surface area contributed by atoms with Crippen LogP contribution in [0.3, 0.4) is 0 Å². The van der Waals surface area contributed by atoms with E-state index in [2.05, 4.69) is 0 Å². The van der Waals surface area contributed by atoms with Crippen LogP contribution in [0.5, 0.6) is 0 Å². The lowest BCUT2D eigenvalue weighted by Crippen LogP contribution is -2.61. The molecule has 1 saturated heterocycles. The highest BCUT2D eigenvalue weighted by Gasteiger charge is 2.56. The quantitative estimate of drug-likeness (QED) is 0.284. The molecule has 1 aromatic rings. The van der Waals surface area contributed by atoms with Gasteiger partial charge in [0.15, 0.2) is 0 Å². The zero-order valence-corrected chi connectivity index (χ0v) is 15.9. The number of β-lactam (4-membered cyclic amide) rings is 1. The number of benzene rings is 1. The van der Waals surface area contributed by atoms with Crippen molar-refractivity contribution in [1.82, 2.24) is 4.90 Å². The normalized spacial score (nSPS) is 22.0. The molecule has 1 fully saturated rings. The van der Waals surface area contributed by atoms with Gasteiger partial charge >= 0.3 is 5.97 Å². The van der Waals surface area contributed by atoms with Gasteiger partial charge in [0.1, 0.15) is 12.3 Å². The molecule has 2 N–H and O–H groups in total. The highest BCUT2D eigenvalue weighted by molar-refractivity contribution is 8.03. The van der Waals surface area contributed by atoms with Gasteiger partial charge in [-0.05, 0) is 24.6 Å². The lowest BCUT2D eigenvalue weighted by molar-refractivity contribution is -0.384. The Kier molecular flexibility index (Phi) is 6.01. The fraction of sp³-hybridized carbons (Fsp3) is 0.444. The number of hydrogen-bond donors (Lipinski definition) is 2. The number of esters is 1. The summed E-state index contributed by atoms with van der Waals surface area (Å²) in [6.07, 6.45) is -0.373. The van der Waals surface area contributed by atoms with E-state index in [-0.39, 0.29) is 36.5 Å². The zero-order chi connectivity index (χ0) is 20.4. The van der Waals surface area contributed by atoms with E-state index in [0.717, 1.165) is 0 Å². The lowest BCUT2D eigenvalue weighted by atomic mass is 9.83. The molecule has 2 unspecified atom stereocenters. The Morgan fingerprint density at radius 3 is 2.68 bits per heavy atom. The number of nitro groups is 1. The van der Waals surface area contributed by atoms with Crippen molar-refractivity contribution in [2.24, 2.45) is 5.92 Å². The van der Waals surface area contributed by atoms with Crippen molar-refractivity contribution >= 4 is 29.3 Å². The van der Waals surface area contributed by atoms with Crippen LogP contribution < -0.4 is 0 Å². The fourth-order valence-electron chi connectivity index (χ4n) is 3.45. The Morgan fingerprint density at radius 1 is 1.43 bits per heavy atom. The molecule has 0 aliphatic carbocycles. The van der Waals surface area contributed by atoms with Gasteiger partial charge in [0.25, 0.3) is 5.69 Å². The van der Waals surface area contributed by atoms with Crippen LogP contribution in [0.25, 0.3) is 0 Å². The van der Waals surface area contributed by atoms with Gasteiger partial charge in [0, 0.05) is 29.2 Å². The molecule has 1 aromatic carbocycles. The van der Waals surface area contributed by atoms with Crippen LogP contribution in [0.4, 0.5) is 5.69 Å². The first-order valence-electron chi connectivity index (χ1n) is 8.73. The Labute approximate surface area is 165 Å². The van der Waals surface area contributed by atoms with Crippen molar-refractivity contribution in [3.8, 4) is 0 Å². The summed E-state index contributed by atoms with van der Waals surface area (Å²) in [5, 5.41) is 29.6. The van der Waals surface area contributed by atoms with Crippen molar-refractivity contribution in [1.29, 1.82) is 0 Å². The van der Waals surface area contributed by atoms with E-state index >= 15 is 0 Å². The summed E-state index contributed by atoms with van der Waals surface area (Å²) in [6, 6.07) is 5.36. The minimum absolute atomic E-state index is 0.0607. The van der Waals surface area contributed by atoms with E-state index in [1.54, 1.807) is 6.92 Å². The van der Waals surface area contributed by atoms with Crippen molar-refractivity contribution in [3.63, 3.8) is 0 Å². The number of nitrogens with zero attached hydrogens (tertiary/aromatic N) is 2. The summed E-state index contributed by atoms with van der Waals surface area (Å²) in [6.45, 7) is 1.38. The van der Waals surface area contributed by atoms with E-state index < -0.39 is 22.9 Å². The van der Waals surface area contributed by atoms with Crippen molar-refractivity contribution in [3.05, 3.63) is 50.5 Å². The van der Waals surface area contributed by atoms with Crippen LogP contribution in [0.2, 0.25) is 0 Å². The number of nitro benzene ring substituents is 1. The van der Waals surface area contributed by atoms with Crippen LogP contribution in [0, 0.1) is 16.0 Å². The molecule has 0 bridgehead atoms. The number of amides is 1. The van der Waals surface area contributed by atoms with Gasteiger partial charge in [0.05, 0.1) is 29.6 Å². The van der Waals surface area contributed by atoms with Gasteiger partial charge in [-0.25, -0.2) is 4.79 Å². The van der Waals surface area contributed by atoms with E-state index in [9.17, 15) is 24.8 Å². The van der Waals surface area contributed by atoms with E-state index in [0.29, 0.717) is 22.6 Å². The number of aliphatic hydroxyl groups excluding tert-OH is 2. The predicted octanol–water partition coefficient (Wildman–Crippen LogP) is 1.19. The molecule has 10 heteroatoms. The SMILES string of the molecule is CC(O)[C@@H]1C(=O)N2C(C(=O)OCc3ccc([N+](=O)[O-])cc3)=C(SCCO)CC12. The van der Waals surface area contributed by atoms with Crippen molar-refractivity contribution < 1.29 is 29.5 Å². The molecule has 1 amide bonds. The van der Waals surface area contributed by atoms with E-state index in [4.69, 9.17) is 9.84 Å². The number of aliphatic hydroxyl groups is 2. The minimum atomic E-state index is -0.812. The molecule has 0 aromatic heterocycles. The van der Waals surface area contributed by atoms with E-state index in [1.165, 1.54) is 40.9 Å². The Morgan fingerprint density at radius 2 is 2.11 bits per heavy atom. The first-order valence-corrected chi connectivity index (χ1v) is 9.72. The molecule has 0 spiro atoms. The largest absolute Gasteiger partial charge is 0.456 e. The first kappa shape index (κ1) is 20.3. The molecule has 3 rings (SSSR count). The number of non-ortho nitro benzene ring substituents is 1. The second-order valence-electron chi connectivity index (χ2n) is 6.59. The fourth-order valence-corrected chi connectivity index (χ4v) is 4.39. The lowest BCUT2D eigenvalue weighted by Gasteiger charge is -2.44. The number of carbonyl (C=O) groups is 2. The summed E-state index contributed by atoms with van der Waals surface area (Å²) in [7, 11) is 0. The second kappa shape index (κ2) is 8.29. The number of carbonyl (C=O) groups excluding carboxylic acids is 2. The summed E-state index contributed by atoms with van der Waals surface area (Å²) in [4.78, 5) is 37.3. The second-order valence-corrected chi connectivity index (χ2v) is 7.78. The van der Waals surface area contributed by atoms with Gasteiger partial charge in [-0.3, -0.25) is 14.9 Å². The van der Waals surface area contributed by atoms with Gasteiger partial charge in [-0.1, -0.05) is 0 Å². The minimum Gasteiger partial charge on any atom is -0.456 e. The number of thioether (sulfide) groups is 1. The summed E-state index contributed by atoms with van der Waals surface area (Å²) >= 11 is 1.29. The third-order valence-corrected chi connectivity index (χ3v) is 5.86. The average molecular weight is 408 g/mol. The van der Waals surface area contributed by atoms with E-state index in [1.807, 2.05) is 0 Å². The molecule has 2 aliphatic heterocycles. The standard InChI is InChI=1S/C18H20N2O7S/c1-10(22)15-13-8-14(28-7-6-21)16(19(13)17(15)23)18(24)27-9-11-2-4-12(5-3-11)20(25)26/h2-5,10,13,15,21-22H,6-9H2,1H3/t10?,13?,15-/m0/s1. The maximum absolute atomic E-state index is 12.7. The predicted molar refractivity (Wildman–Crippen MR) is 99.9 cm³/mol. The number of ether oxygens (including phenoxy) is 1. The molecular weight excluding hydrogens is 388 g/mol. The first-order chi connectivity index (χ1) is 13.3. The van der Waals surface area contributed by atoms with Gasteiger partial charge < -0.3 is 19.8 Å². The van der Waals surface area contributed by atoms with Crippen LogP contribution in [-0.2, 0) is 20.9 Å². The third-order valence-electron chi connectivity index (χ3n) is 4.77.